The van der Waals surface area contributed by atoms with E-state index in [0.717, 1.165) is 19.4 Å². The normalized spacial score (nSPS) is 28.5. The Morgan fingerprint density at radius 3 is 2.77 bits per heavy atom. The van der Waals surface area contributed by atoms with Crippen LogP contribution in [0.3, 0.4) is 0 Å². The van der Waals surface area contributed by atoms with Gasteiger partial charge >= 0.3 is 5.91 Å². The van der Waals surface area contributed by atoms with E-state index in [0.29, 0.717) is 5.91 Å². The average molecular weight is 178 g/mol. The van der Waals surface area contributed by atoms with Gasteiger partial charge in [-0.3, -0.25) is 0 Å². The Labute approximate surface area is 79.0 Å². The van der Waals surface area contributed by atoms with E-state index in [1.807, 2.05) is 11.5 Å². The molecule has 0 fully saturated rings. The number of amides is 1. The third-order valence-electron chi connectivity index (χ3n) is 3.30. The van der Waals surface area contributed by atoms with Crippen LogP contribution in [0.2, 0.25) is 0 Å². The van der Waals surface area contributed by atoms with Gasteiger partial charge in [0.15, 0.2) is 12.3 Å². The summed E-state index contributed by atoms with van der Waals surface area (Å²) < 4.78 is 1.98. The molecule has 1 amide bonds. The first-order chi connectivity index (χ1) is 6.11. The number of rotatable bonds is 0. The van der Waals surface area contributed by atoms with E-state index < -0.39 is 0 Å². The van der Waals surface area contributed by atoms with Crippen LogP contribution in [0.25, 0.3) is 0 Å². The zero-order valence-corrected chi connectivity index (χ0v) is 8.55. The zero-order chi connectivity index (χ0) is 9.59. The van der Waals surface area contributed by atoms with Crippen molar-refractivity contribution in [3.63, 3.8) is 0 Å². The van der Waals surface area contributed by atoms with Crippen LogP contribution >= 0.6 is 0 Å². The number of allylic oxidation sites excluding steroid dienone is 1. The molecule has 0 N–H and O–H groups in total. The molecule has 0 saturated heterocycles. The van der Waals surface area contributed by atoms with Crippen LogP contribution in [-0.4, -0.2) is 22.7 Å². The molecule has 2 aliphatic heterocycles. The molecule has 70 valence electrons. The maximum atomic E-state index is 11.7. The minimum Gasteiger partial charge on any atom is -0.219 e. The summed E-state index contributed by atoms with van der Waals surface area (Å²) in [6.45, 7) is 7.24. The Morgan fingerprint density at radius 2 is 2.08 bits per heavy atom. The molecule has 0 aromatic heterocycles. The van der Waals surface area contributed by atoms with Crippen LogP contribution in [-0.2, 0) is 4.79 Å². The third-order valence-corrected chi connectivity index (χ3v) is 3.30. The second-order valence-electron chi connectivity index (χ2n) is 4.20. The quantitative estimate of drug-likeness (QED) is 0.517. The molecule has 0 saturated carbocycles. The van der Waals surface area contributed by atoms with Crippen molar-refractivity contribution in [3.05, 3.63) is 11.1 Å². The maximum Gasteiger partial charge on any atom is 0.390 e. The molecule has 0 aromatic rings. The number of hydrogen-bond donors (Lipinski definition) is 0. The van der Waals surface area contributed by atoms with Crippen LogP contribution < -0.4 is 0 Å². The second-order valence-corrected chi connectivity index (χ2v) is 4.20. The minimum absolute atomic E-state index is 0.204. The van der Waals surface area contributed by atoms with E-state index in [4.69, 9.17) is 0 Å². The van der Waals surface area contributed by atoms with Gasteiger partial charge in [0.05, 0.1) is 5.92 Å². The van der Waals surface area contributed by atoms with Gasteiger partial charge in [-0.25, -0.2) is 4.79 Å². The topological polar surface area (TPSA) is 20.1 Å². The fraction of sp³-hybridized carbons (Fsp3) is 0.636. The monoisotopic (exact) mass is 178 g/mol. The lowest BCUT2D eigenvalue weighted by atomic mass is 9.97. The van der Waals surface area contributed by atoms with E-state index in [1.165, 1.54) is 16.9 Å². The van der Waals surface area contributed by atoms with E-state index in [-0.39, 0.29) is 5.92 Å². The number of carbonyl (C=O) groups is 1. The van der Waals surface area contributed by atoms with Crippen molar-refractivity contribution < 1.29 is 9.37 Å². The summed E-state index contributed by atoms with van der Waals surface area (Å²) in [5, 5.41) is 0. The SMILES string of the molecule is CC1=C(C)C2=[N+](CC1)C(=O)C(C)C2. The van der Waals surface area contributed by atoms with E-state index in [1.54, 1.807) is 0 Å². The molecule has 0 radical (unpaired) electrons. The van der Waals surface area contributed by atoms with Gasteiger partial charge in [0.2, 0.25) is 0 Å². The predicted octanol–water partition coefficient (Wildman–Crippen LogP) is 1.75. The largest absolute Gasteiger partial charge is 0.390 e. The highest BCUT2D eigenvalue weighted by atomic mass is 16.2. The van der Waals surface area contributed by atoms with Gasteiger partial charge in [-0.2, -0.15) is 4.58 Å². The number of carbonyl (C=O) groups excluding carboxylic acids is 1. The Hall–Kier alpha value is -0.920. The minimum atomic E-state index is 0.204. The molecule has 2 heterocycles. The van der Waals surface area contributed by atoms with Crippen LogP contribution in [0.1, 0.15) is 33.6 Å². The molecule has 0 bridgehead atoms. The Bertz CT molecular complexity index is 336. The molecule has 2 aliphatic rings. The Kier molecular flexibility index (Phi) is 1.86. The summed E-state index contributed by atoms with van der Waals surface area (Å²) >= 11 is 0. The van der Waals surface area contributed by atoms with Crippen molar-refractivity contribution >= 4 is 11.6 Å². The van der Waals surface area contributed by atoms with Crippen LogP contribution in [0.5, 0.6) is 0 Å². The zero-order valence-electron chi connectivity index (χ0n) is 8.55. The number of hydrogen-bond acceptors (Lipinski definition) is 1. The van der Waals surface area contributed by atoms with E-state index in [9.17, 15) is 4.79 Å². The first-order valence-electron chi connectivity index (χ1n) is 4.95. The third kappa shape index (κ3) is 1.16. The van der Waals surface area contributed by atoms with E-state index in [2.05, 4.69) is 13.8 Å². The summed E-state index contributed by atoms with van der Waals surface area (Å²) in [5.74, 6) is 0.526. The van der Waals surface area contributed by atoms with Crippen molar-refractivity contribution in [2.24, 2.45) is 5.92 Å². The van der Waals surface area contributed by atoms with Crippen LogP contribution in [0.4, 0.5) is 0 Å². The summed E-state index contributed by atoms with van der Waals surface area (Å²) in [6.07, 6.45) is 2.00. The second kappa shape index (κ2) is 2.79. The Balaban J connectivity index is 2.44. The smallest absolute Gasteiger partial charge is 0.219 e. The number of nitrogens with zero attached hydrogens (tertiary/aromatic N) is 1. The molecule has 2 nitrogen and oxygen atoms in total. The van der Waals surface area contributed by atoms with Gasteiger partial charge in [-0.15, -0.1) is 0 Å². The molecular formula is C11H16NO+. The lowest BCUT2D eigenvalue weighted by Crippen LogP contribution is -2.27. The lowest BCUT2D eigenvalue weighted by Gasteiger charge is -2.10. The summed E-state index contributed by atoms with van der Waals surface area (Å²) in [7, 11) is 0. The van der Waals surface area contributed by atoms with Crippen molar-refractivity contribution in [1.82, 2.24) is 0 Å². The van der Waals surface area contributed by atoms with Gasteiger partial charge < -0.3 is 0 Å². The molecule has 0 aromatic carbocycles. The molecule has 13 heavy (non-hydrogen) atoms. The molecular weight excluding hydrogens is 162 g/mol. The van der Waals surface area contributed by atoms with Crippen molar-refractivity contribution in [2.45, 2.75) is 33.6 Å². The summed E-state index contributed by atoms with van der Waals surface area (Å²) in [4.78, 5) is 11.7. The van der Waals surface area contributed by atoms with Gasteiger partial charge in [0, 0.05) is 18.4 Å². The molecule has 2 rings (SSSR count). The van der Waals surface area contributed by atoms with Gasteiger partial charge in [-0.05, 0) is 20.8 Å². The highest BCUT2D eigenvalue weighted by molar-refractivity contribution is 6.04. The summed E-state index contributed by atoms with van der Waals surface area (Å²) in [6, 6.07) is 0. The van der Waals surface area contributed by atoms with Gasteiger partial charge in [0.25, 0.3) is 0 Å². The average Bonchev–Trinajstić information content (AvgIpc) is 2.38. The molecule has 0 aliphatic carbocycles. The fourth-order valence-electron chi connectivity index (χ4n) is 2.20. The molecule has 2 heteroatoms. The fourth-order valence-corrected chi connectivity index (χ4v) is 2.20. The van der Waals surface area contributed by atoms with Gasteiger partial charge in [0.1, 0.15) is 0 Å². The lowest BCUT2D eigenvalue weighted by molar-refractivity contribution is -0.446. The molecule has 0 spiro atoms. The molecule has 1 unspecified atom stereocenters. The summed E-state index contributed by atoms with van der Waals surface area (Å²) in [5.41, 5.74) is 4.08. The van der Waals surface area contributed by atoms with Crippen LogP contribution in [0, 0.1) is 5.92 Å². The first kappa shape index (κ1) is 8.67. The van der Waals surface area contributed by atoms with Crippen LogP contribution in [0.15, 0.2) is 11.1 Å². The van der Waals surface area contributed by atoms with Gasteiger partial charge in [-0.1, -0.05) is 5.57 Å². The highest BCUT2D eigenvalue weighted by Gasteiger charge is 2.40. The highest BCUT2D eigenvalue weighted by Crippen LogP contribution is 2.25. The van der Waals surface area contributed by atoms with E-state index >= 15 is 0 Å². The molecule has 1 atom stereocenters. The predicted molar refractivity (Wildman–Crippen MR) is 51.9 cm³/mol. The Morgan fingerprint density at radius 1 is 1.38 bits per heavy atom. The standard InChI is InChI=1S/C11H16NO/c1-7-4-5-12-10(9(7)3)6-8(2)11(12)13/h8H,4-6H2,1-3H3/q+1. The maximum absolute atomic E-state index is 11.7. The first-order valence-corrected chi connectivity index (χ1v) is 4.95. The van der Waals surface area contributed by atoms with Crippen molar-refractivity contribution in [3.8, 4) is 0 Å². The van der Waals surface area contributed by atoms with Crippen molar-refractivity contribution in [2.75, 3.05) is 6.54 Å². The van der Waals surface area contributed by atoms with Crippen molar-refractivity contribution in [1.29, 1.82) is 0 Å².